The molecule has 1 spiro atoms. The number of likely N-dealkylation sites (tertiary alicyclic amines) is 1. The molecule has 1 aromatic rings. The van der Waals surface area contributed by atoms with Gasteiger partial charge in [0.25, 0.3) is 0 Å². The van der Waals surface area contributed by atoms with E-state index in [4.69, 9.17) is 5.73 Å². The van der Waals surface area contributed by atoms with Gasteiger partial charge in [-0.15, -0.1) is 11.3 Å². The topological polar surface area (TPSA) is 29.3 Å². The summed E-state index contributed by atoms with van der Waals surface area (Å²) in [6.45, 7) is 4.67. The second kappa shape index (κ2) is 6.69. The Morgan fingerprint density at radius 1 is 1.29 bits per heavy atom. The van der Waals surface area contributed by atoms with E-state index in [1.807, 2.05) is 11.3 Å². The summed E-state index contributed by atoms with van der Waals surface area (Å²) in [5.41, 5.74) is 7.17. The minimum Gasteiger partial charge on any atom is -0.326 e. The number of piperidine rings is 1. The molecule has 1 aliphatic heterocycles. The highest BCUT2D eigenvalue weighted by Gasteiger charge is 2.39. The fourth-order valence-electron chi connectivity index (χ4n) is 4.27. The maximum Gasteiger partial charge on any atom is 0.0593 e. The Labute approximate surface area is 141 Å². The van der Waals surface area contributed by atoms with E-state index in [-0.39, 0.29) is 6.04 Å². The number of thiophene rings is 1. The first-order valence-electron chi connectivity index (χ1n) is 8.37. The number of hydrogen-bond donors (Lipinski definition) is 1. The molecule has 2 nitrogen and oxygen atoms in total. The zero-order valence-electron chi connectivity index (χ0n) is 13.0. The van der Waals surface area contributed by atoms with Crippen LogP contribution in [0.3, 0.4) is 0 Å². The highest BCUT2D eigenvalue weighted by Crippen LogP contribution is 2.47. The molecule has 1 saturated heterocycles. The van der Waals surface area contributed by atoms with Gasteiger partial charge in [-0.3, -0.25) is 4.90 Å². The molecule has 118 valence electrons. The van der Waals surface area contributed by atoms with E-state index in [0.717, 1.165) is 6.42 Å². The van der Waals surface area contributed by atoms with Gasteiger partial charge in [0.15, 0.2) is 0 Å². The van der Waals surface area contributed by atoms with E-state index < -0.39 is 0 Å². The normalized spacial score (nSPS) is 25.3. The van der Waals surface area contributed by atoms with Crippen LogP contribution in [0.25, 0.3) is 0 Å². The van der Waals surface area contributed by atoms with Crippen molar-refractivity contribution in [2.75, 3.05) is 13.1 Å². The summed E-state index contributed by atoms with van der Waals surface area (Å²) in [4.78, 5) is 4.09. The summed E-state index contributed by atoms with van der Waals surface area (Å²) >= 11 is 5.45. The van der Waals surface area contributed by atoms with Crippen LogP contribution in [0, 0.1) is 5.41 Å². The number of nitrogens with zero attached hydrogens (tertiary/aromatic N) is 1. The first-order valence-corrected chi connectivity index (χ1v) is 10.0. The Hall–Kier alpha value is 0.1000. The van der Waals surface area contributed by atoms with Gasteiger partial charge in [0.1, 0.15) is 0 Å². The molecule has 0 radical (unpaired) electrons. The maximum absolute atomic E-state index is 6.48. The van der Waals surface area contributed by atoms with E-state index in [1.54, 1.807) is 0 Å². The number of halogens is 1. The van der Waals surface area contributed by atoms with Crippen molar-refractivity contribution >= 4 is 27.3 Å². The van der Waals surface area contributed by atoms with Gasteiger partial charge < -0.3 is 5.73 Å². The average Bonchev–Trinajstić information content (AvgIpc) is 3.11. The van der Waals surface area contributed by atoms with E-state index in [9.17, 15) is 0 Å². The molecule has 1 aliphatic carbocycles. The third-order valence-corrected chi connectivity index (χ3v) is 7.44. The van der Waals surface area contributed by atoms with Gasteiger partial charge in [-0.2, -0.15) is 0 Å². The lowest BCUT2D eigenvalue weighted by Crippen LogP contribution is -2.46. The van der Waals surface area contributed by atoms with Gasteiger partial charge in [-0.1, -0.05) is 19.8 Å². The molecule has 1 aromatic heterocycles. The predicted molar refractivity (Wildman–Crippen MR) is 94.7 cm³/mol. The first-order chi connectivity index (χ1) is 10.1. The number of nitrogens with two attached hydrogens (primary N) is 1. The molecular formula is C17H27BrN2S. The van der Waals surface area contributed by atoms with Crippen LogP contribution in [0.5, 0.6) is 0 Å². The molecule has 2 aliphatic rings. The van der Waals surface area contributed by atoms with Gasteiger partial charge in [-0.25, -0.2) is 0 Å². The lowest BCUT2D eigenvalue weighted by Gasteiger charge is -2.44. The molecule has 3 rings (SSSR count). The highest BCUT2D eigenvalue weighted by atomic mass is 79.9. The van der Waals surface area contributed by atoms with Gasteiger partial charge in [0.05, 0.1) is 6.04 Å². The van der Waals surface area contributed by atoms with Crippen molar-refractivity contribution in [3.63, 3.8) is 0 Å². The second-order valence-corrected chi connectivity index (χ2v) is 8.79. The molecule has 2 fully saturated rings. The van der Waals surface area contributed by atoms with Crippen LogP contribution in [-0.4, -0.2) is 24.0 Å². The van der Waals surface area contributed by atoms with E-state index in [2.05, 4.69) is 39.2 Å². The Kier molecular flexibility index (Phi) is 5.09. The average molecular weight is 371 g/mol. The summed E-state index contributed by atoms with van der Waals surface area (Å²) in [5.74, 6) is 0. The van der Waals surface area contributed by atoms with Crippen LogP contribution < -0.4 is 5.73 Å². The quantitative estimate of drug-likeness (QED) is 0.812. The molecular weight excluding hydrogens is 344 g/mol. The third-order valence-electron chi connectivity index (χ3n) is 5.67. The van der Waals surface area contributed by atoms with Gasteiger partial charge in [0, 0.05) is 20.8 Å². The van der Waals surface area contributed by atoms with E-state index in [1.165, 1.54) is 61.0 Å². The Morgan fingerprint density at radius 3 is 2.48 bits per heavy atom. The molecule has 2 heterocycles. The van der Waals surface area contributed by atoms with Gasteiger partial charge >= 0.3 is 0 Å². The summed E-state index contributed by atoms with van der Waals surface area (Å²) in [5, 5.41) is 2.19. The van der Waals surface area contributed by atoms with Crippen LogP contribution in [-0.2, 0) is 0 Å². The van der Waals surface area contributed by atoms with Gasteiger partial charge in [0.2, 0.25) is 0 Å². The fourth-order valence-corrected chi connectivity index (χ4v) is 5.92. The largest absolute Gasteiger partial charge is 0.326 e. The molecule has 0 amide bonds. The lowest BCUT2D eigenvalue weighted by molar-refractivity contribution is 0.0663. The molecule has 2 N–H and O–H groups in total. The van der Waals surface area contributed by atoms with Gasteiger partial charge in [-0.05, 0) is 72.6 Å². The Balaban J connectivity index is 1.72. The van der Waals surface area contributed by atoms with E-state index >= 15 is 0 Å². The zero-order chi connectivity index (χ0) is 14.9. The van der Waals surface area contributed by atoms with Crippen molar-refractivity contribution in [2.45, 2.75) is 64.0 Å². The van der Waals surface area contributed by atoms with Crippen LogP contribution in [0.1, 0.15) is 62.8 Å². The zero-order valence-corrected chi connectivity index (χ0v) is 15.4. The lowest BCUT2D eigenvalue weighted by atomic mass is 9.76. The first kappa shape index (κ1) is 16.0. The van der Waals surface area contributed by atoms with Crippen LogP contribution >= 0.6 is 27.3 Å². The predicted octanol–water partition coefficient (Wildman–Crippen LogP) is 4.95. The fraction of sp³-hybridized carbons (Fsp3) is 0.765. The molecule has 1 saturated carbocycles. The minimum absolute atomic E-state index is 0.244. The Morgan fingerprint density at radius 2 is 1.95 bits per heavy atom. The summed E-state index contributed by atoms with van der Waals surface area (Å²) in [7, 11) is 0. The molecule has 4 heteroatoms. The van der Waals surface area contributed by atoms with Crippen LogP contribution in [0.2, 0.25) is 0 Å². The second-order valence-electron chi connectivity index (χ2n) is 6.93. The van der Waals surface area contributed by atoms with Crippen LogP contribution in [0.15, 0.2) is 15.9 Å². The third kappa shape index (κ3) is 3.39. The van der Waals surface area contributed by atoms with E-state index in [0.29, 0.717) is 11.5 Å². The van der Waals surface area contributed by atoms with Crippen molar-refractivity contribution in [2.24, 2.45) is 11.1 Å². The molecule has 0 bridgehead atoms. The number of rotatable bonds is 4. The number of hydrogen-bond acceptors (Lipinski definition) is 3. The SMILES string of the molecule is CCC(N)C(c1cc(Br)cs1)N1CCC2(CCCC2)CC1. The van der Waals surface area contributed by atoms with Crippen molar-refractivity contribution in [1.29, 1.82) is 0 Å². The molecule has 2 atom stereocenters. The maximum atomic E-state index is 6.48. The molecule has 21 heavy (non-hydrogen) atoms. The molecule has 0 aromatic carbocycles. The van der Waals surface area contributed by atoms with Crippen molar-refractivity contribution in [1.82, 2.24) is 4.90 Å². The Bertz CT molecular complexity index is 457. The van der Waals surface area contributed by atoms with Crippen molar-refractivity contribution in [3.05, 3.63) is 20.8 Å². The monoisotopic (exact) mass is 370 g/mol. The smallest absolute Gasteiger partial charge is 0.0593 e. The summed E-state index contributed by atoms with van der Waals surface area (Å²) < 4.78 is 1.19. The van der Waals surface area contributed by atoms with Crippen LogP contribution in [0.4, 0.5) is 0 Å². The summed E-state index contributed by atoms with van der Waals surface area (Å²) in [6, 6.07) is 2.92. The molecule has 2 unspecified atom stereocenters. The highest BCUT2D eigenvalue weighted by molar-refractivity contribution is 9.10. The summed E-state index contributed by atoms with van der Waals surface area (Å²) in [6.07, 6.45) is 9.65. The van der Waals surface area contributed by atoms with Crippen molar-refractivity contribution < 1.29 is 0 Å². The van der Waals surface area contributed by atoms with Crippen molar-refractivity contribution in [3.8, 4) is 0 Å². The standard InChI is InChI=1S/C17H27BrN2S/c1-2-14(19)16(15-11-13(18)12-21-15)20-9-7-17(8-10-20)5-3-4-6-17/h11-12,14,16H,2-10,19H2,1H3. The minimum atomic E-state index is 0.244.